The smallest absolute Gasteiger partial charge is 0.249 e. The van der Waals surface area contributed by atoms with Gasteiger partial charge in [0, 0.05) is 22.9 Å². The van der Waals surface area contributed by atoms with Crippen LogP contribution in [0.4, 0.5) is 0 Å². The van der Waals surface area contributed by atoms with Crippen LogP contribution in [0, 0.1) is 6.92 Å². The Kier molecular flexibility index (Phi) is 4.07. The zero-order chi connectivity index (χ0) is 20.1. The number of benzene rings is 4. The van der Waals surface area contributed by atoms with Crippen molar-refractivity contribution < 1.29 is 4.79 Å². The number of nitrogens with zero attached hydrogens (tertiary/aromatic N) is 1. The average molecular weight is 399 g/mol. The maximum atomic E-state index is 12.1. The lowest BCUT2D eigenvalue weighted by atomic mass is 10.0. The minimum Gasteiger partial charge on any atom is -0.366 e. The highest BCUT2D eigenvalue weighted by Crippen LogP contribution is 2.36. The van der Waals surface area contributed by atoms with Gasteiger partial charge in [-0.25, -0.2) is 0 Å². The molecule has 4 heteroatoms. The molecule has 0 spiro atoms. The number of hydrogen-bond donors (Lipinski definition) is 1. The van der Waals surface area contributed by atoms with Crippen LogP contribution in [-0.4, -0.2) is 10.5 Å². The first-order chi connectivity index (χ1) is 14.0. The molecule has 5 aromatic rings. The van der Waals surface area contributed by atoms with Gasteiger partial charge in [-0.1, -0.05) is 65.7 Å². The van der Waals surface area contributed by atoms with Crippen LogP contribution in [0.5, 0.6) is 0 Å². The number of amides is 1. The molecule has 29 heavy (non-hydrogen) atoms. The Hall–Kier alpha value is -3.30. The summed E-state index contributed by atoms with van der Waals surface area (Å²) in [5.41, 5.74) is 10.5. The highest BCUT2D eigenvalue weighted by Gasteiger charge is 2.18. The Bertz CT molecular complexity index is 1430. The van der Waals surface area contributed by atoms with Crippen molar-refractivity contribution in [3.63, 3.8) is 0 Å². The second-order valence-corrected chi connectivity index (χ2v) is 7.88. The minimum absolute atomic E-state index is 0.435. The Labute approximate surface area is 173 Å². The van der Waals surface area contributed by atoms with E-state index in [1.165, 1.54) is 21.9 Å². The van der Waals surface area contributed by atoms with Crippen molar-refractivity contribution in [2.75, 3.05) is 0 Å². The van der Waals surface area contributed by atoms with Crippen LogP contribution in [0.1, 0.15) is 21.5 Å². The second-order valence-electron chi connectivity index (χ2n) is 7.47. The minimum atomic E-state index is -0.435. The lowest BCUT2D eigenvalue weighted by Crippen LogP contribution is -2.11. The lowest BCUT2D eigenvalue weighted by Gasteiger charge is -2.10. The molecule has 0 atom stereocenters. The molecule has 0 aliphatic heterocycles. The van der Waals surface area contributed by atoms with Crippen LogP contribution in [0.15, 0.2) is 72.8 Å². The van der Waals surface area contributed by atoms with Crippen molar-refractivity contribution in [2.45, 2.75) is 13.5 Å². The molecule has 2 N–H and O–H groups in total. The summed E-state index contributed by atoms with van der Waals surface area (Å²) in [6.07, 6.45) is 0. The van der Waals surface area contributed by atoms with E-state index in [-0.39, 0.29) is 0 Å². The third kappa shape index (κ3) is 2.86. The van der Waals surface area contributed by atoms with E-state index in [2.05, 4.69) is 47.9 Å². The normalized spacial score (nSPS) is 11.5. The summed E-state index contributed by atoms with van der Waals surface area (Å²) in [6.45, 7) is 2.75. The van der Waals surface area contributed by atoms with E-state index < -0.39 is 5.91 Å². The van der Waals surface area contributed by atoms with Crippen LogP contribution >= 0.6 is 11.6 Å². The van der Waals surface area contributed by atoms with Gasteiger partial charge in [0.15, 0.2) is 0 Å². The fourth-order valence-corrected chi connectivity index (χ4v) is 4.50. The van der Waals surface area contributed by atoms with Crippen molar-refractivity contribution in [1.29, 1.82) is 0 Å². The highest BCUT2D eigenvalue weighted by molar-refractivity contribution is 6.37. The topological polar surface area (TPSA) is 48.0 Å². The monoisotopic (exact) mass is 398 g/mol. The predicted molar refractivity (Wildman–Crippen MR) is 121 cm³/mol. The van der Waals surface area contributed by atoms with Crippen LogP contribution in [-0.2, 0) is 6.54 Å². The van der Waals surface area contributed by atoms with Crippen molar-refractivity contribution in [2.24, 2.45) is 5.73 Å². The zero-order valence-electron chi connectivity index (χ0n) is 15.9. The molecule has 0 aliphatic rings. The number of nitrogens with two attached hydrogens (primary N) is 1. The molecule has 4 aromatic carbocycles. The first-order valence-electron chi connectivity index (χ1n) is 9.51. The van der Waals surface area contributed by atoms with Gasteiger partial charge in [0.2, 0.25) is 5.91 Å². The predicted octanol–water partition coefficient (Wildman–Crippen LogP) is 6.06. The molecule has 1 aromatic heterocycles. The first kappa shape index (κ1) is 17.8. The van der Waals surface area contributed by atoms with Crippen molar-refractivity contribution in [3.8, 4) is 0 Å². The summed E-state index contributed by atoms with van der Waals surface area (Å²) in [6, 6.07) is 24.4. The molecule has 0 saturated heterocycles. The van der Waals surface area contributed by atoms with Crippen LogP contribution < -0.4 is 5.73 Å². The van der Waals surface area contributed by atoms with Crippen LogP contribution in [0.3, 0.4) is 0 Å². The molecular weight excluding hydrogens is 380 g/mol. The number of fused-ring (bicyclic) bond motifs is 4. The van der Waals surface area contributed by atoms with E-state index in [1.54, 1.807) is 6.07 Å². The fourth-order valence-electron chi connectivity index (χ4n) is 4.23. The molecule has 0 saturated carbocycles. The molecule has 0 radical (unpaired) electrons. The van der Waals surface area contributed by atoms with E-state index in [0.717, 1.165) is 21.8 Å². The van der Waals surface area contributed by atoms with E-state index in [4.69, 9.17) is 17.3 Å². The number of carbonyl (C=O) groups excluding carboxylic acids is 1. The number of para-hydroxylation sites is 1. The number of hydrogen-bond acceptors (Lipinski definition) is 1. The summed E-state index contributed by atoms with van der Waals surface area (Å²) < 4.78 is 2.18. The SMILES string of the molecule is Cc1ccc2cc(Cn3c4cccc(C(N)=O)c4c4cccc(Cl)c43)ccc2c1. The Morgan fingerprint density at radius 3 is 2.55 bits per heavy atom. The van der Waals surface area contributed by atoms with Crippen molar-refractivity contribution in [3.05, 3.63) is 94.5 Å². The number of rotatable bonds is 3. The standard InChI is InChI=1S/C25H19ClN2O/c1-15-8-10-18-13-16(9-11-17(18)12-15)14-28-22-7-3-5-20(25(27)29)23(22)19-4-2-6-21(26)24(19)28/h2-13H,14H2,1H3,(H2,27,29). The largest absolute Gasteiger partial charge is 0.366 e. The summed E-state index contributed by atoms with van der Waals surface area (Å²) in [5, 5.41) is 4.89. The number of aryl methyl sites for hydroxylation is 1. The number of primary amides is 1. The zero-order valence-corrected chi connectivity index (χ0v) is 16.7. The van der Waals surface area contributed by atoms with Crippen molar-refractivity contribution >= 4 is 50.1 Å². The van der Waals surface area contributed by atoms with Gasteiger partial charge >= 0.3 is 0 Å². The molecular formula is C25H19ClN2O. The second kappa shape index (κ2) is 6.64. The van der Waals surface area contributed by atoms with E-state index in [0.29, 0.717) is 17.1 Å². The Balaban J connectivity index is 1.77. The number of halogens is 1. The molecule has 142 valence electrons. The molecule has 0 unspecified atom stereocenters. The van der Waals surface area contributed by atoms with E-state index in [1.807, 2.05) is 30.3 Å². The fraction of sp³-hybridized carbons (Fsp3) is 0.0800. The van der Waals surface area contributed by atoms with Crippen LogP contribution in [0.25, 0.3) is 32.6 Å². The maximum absolute atomic E-state index is 12.1. The van der Waals surface area contributed by atoms with Crippen LogP contribution in [0.2, 0.25) is 5.02 Å². The van der Waals surface area contributed by atoms with Gasteiger partial charge in [0.05, 0.1) is 16.1 Å². The molecule has 0 bridgehead atoms. The maximum Gasteiger partial charge on any atom is 0.249 e. The quantitative estimate of drug-likeness (QED) is 0.394. The summed E-state index contributed by atoms with van der Waals surface area (Å²) in [5.74, 6) is -0.435. The lowest BCUT2D eigenvalue weighted by molar-refractivity contribution is 0.100. The van der Waals surface area contributed by atoms with Gasteiger partial charge in [-0.05, 0) is 47.5 Å². The van der Waals surface area contributed by atoms with Gasteiger partial charge in [-0.2, -0.15) is 0 Å². The van der Waals surface area contributed by atoms with Crippen molar-refractivity contribution in [1.82, 2.24) is 4.57 Å². The first-order valence-corrected chi connectivity index (χ1v) is 9.89. The molecule has 0 fully saturated rings. The van der Waals surface area contributed by atoms with E-state index in [9.17, 15) is 4.79 Å². The summed E-state index contributed by atoms with van der Waals surface area (Å²) >= 11 is 6.61. The summed E-state index contributed by atoms with van der Waals surface area (Å²) in [4.78, 5) is 12.1. The Morgan fingerprint density at radius 1 is 0.966 bits per heavy atom. The molecule has 3 nitrogen and oxygen atoms in total. The third-order valence-corrected chi connectivity index (χ3v) is 5.83. The number of aromatic nitrogens is 1. The van der Waals surface area contributed by atoms with Gasteiger partial charge in [-0.3, -0.25) is 4.79 Å². The summed E-state index contributed by atoms with van der Waals surface area (Å²) in [7, 11) is 0. The molecule has 1 heterocycles. The van der Waals surface area contributed by atoms with E-state index >= 15 is 0 Å². The van der Waals surface area contributed by atoms with Gasteiger partial charge in [0.25, 0.3) is 0 Å². The highest BCUT2D eigenvalue weighted by atomic mass is 35.5. The average Bonchev–Trinajstić information content (AvgIpc) is 3.03. The molecule has 1 amide bonds. The third-order valence-electron chi connectivity index (χ3n) is 5.53. The Morgan fingerprint density at radius 2 is 1.72 bits per heavy atom. The molecule has 0 aliphatic carbocycles. The van der Waals surface area contributed by atoms with Gasteiger partial charge < -0.3 is 10.3 Å². The number of carbonyl (C=O) groups is 1. The van der Waals surface area contributed by atoms with Gasteiger partial charge in [-0.15, -0.1) is 0 Å². The molecule has 5 rings (SSSR count). The van der Waals surface area contributed by atoms with Gasteiger partial charge in [0.1, 0.15) is 0 Å².